The van der Waals surface area contributed by atoms with Gasteiger partial charge in [-0.3, -0.25) is 14.3 Å². The fraction of sp³-hybridized carbons (Fsp3) is 0.300. The standard InChI is InChI=1S/C10H14N2O4S/c1-3-17(15,16)12(2)9-7-5-4-6-8(9)10(13)11-14/h4-7,14H,3H2,1-2H3,(H,11,13). The lowest BCUT2D eigenvalue weighted by Crippen LogP contribution is -2.31. The van der Waals surface area contributed by atoms with Crippen LogP contribution in [0.3, 0.4) is 0 Å². The number of rotatable bonds is 4. The second-order valence-electron chi connectivity index (χ2n) is 3.33. The maximum absolute atomic E-state index is 11.7. The minimum Gasteiger partial charge on any atom is -0.288 e. The van der Waals surface area contributed by atoms with Gasteiger partial charge in [-0.15, -0.1) is 0 Å². The van der Waals surface area contributed by atoms with Gasteiger partial charge in [0.2, 0.25) is 10.0 Å². The number of nitrogens with zero attached hydrogens (tertiary/aromatic N) is 1. The van der Waals surface area contributed by atoms with Crippen LogP contribution in [0.1, 0.15) is 17.3 Å². The maximum atomic E-state index is 11.7. The van der Waals surface area contributed by atoms with Crippen LogP contribution in [0.4, 0.5) is 5.69 Å². The van der Waals surface area contributed by atoms with Crippen molar-refractivity contribution in [3.05, 3.63) is 29.8 Å². The van der Waals surface area contributed by atoms with Crippen LogP contribution in [0.25, 0.3) is 0 Å². The van der Waals surface area contributed by atoms with Gasteiger partial charge in [-0.25, -0.2) is 13.9 Å². The Bertz CT molecular complexity index is 513. The average Bonchev–Trinajstić information content (AvgIpc) is 2.36. The van der Waals surface area contributed by atoms with E-state index in [9.17, 15) is 13.2 Å². The number of amides is 1. The van der Waals surface area contributed by atoms with Crippen molar-refractivity contribution in [1.29, 1.82) is 0 Å². The first-order valence-corrected chi connectivity index (χ1v) is 6.55. The Hall–Kier alpha value is -1.60. The van der Waals surface area contributed by atoms with Gasteiger partial charge in [0.25, 0.3) is 5.91 Å². The van der Waals surface area contributed by atoms with Crippen molar-refractivity contribution in [2.45, 2.75) is 6.92 Å². The van der Waals surface area contributed by atoms with E-state index in [1.54, 1.807) is 12.1 Å². The molecule has 1 amide bonds. The Labute approximate surface area is 99.9 Å². The number of benzene rings is 1. The zero-order chi connectivity index (χ0) is 13.1. The lowest BCUT2D eigenvalue weighted by Gasteiger charge is -2.20. The van der Waals surface area contributed by atoms with Crippen LogP contribution in [0.2, 0.25) is 0 Å². The van der Waals surface area contributed by atoms with Gasteiger partial charge in [0.05, 0.1) is 17.0 Å². The summed E-state index contributed by atoms with van der Waals surface area (Å²) in [6, 6.07) is 6.13. The molecule has 0 spiro atoms. The fourth-order valence-corrected chi connectivity index (χ4v) is 2.19. The van der Waals surface area contributed by atoms with E-state index in [0.29, 0.717) is 0 Å². The minimum atomic E-state index is -3.44. The summed E-state index contributed by atoms with van der Waals surface area (Å²) in [5.74, 6) is -0.822. The molecule has 0 saturated heterocycles. The van der Waals surface area contributed by atoms with Crippen LogP contribution in [0.5, 0.6) is 0 Å². The van der Waals surface area contributed by atoms with Crippen molar-refractivity contribution in [3.63, 3.8) is 0 Å². The summed E-state index contributed by atoms with van der Waals surface area (Å²) >= 11 is 0. The van der Waals surface area contributed by atoms with Crippen molar-refractivity contribution < 1.29 is 18.4 Å². The Kier molecular flexibility index (Phi) is 4.08. The third-order valence-corrected chi connectivity index (χ3v) is 4.13. The van der Waals surface area contributed by atoms with Gasteiger partial charge in [0.1, 0.15) is 0 Å². The largest absolute Gasteiger partial charge is 0.288 e. The lowest BCUT2D eigenvalue weighted by molar-refractivity contribution is 0.0707. The predicted octanol–water partition coefficient (Wildman–Crippen LogP) is 0.592. The fourth-order valence-electron chi connectivity index (χ4n) is 1.34. The number of hydrogen-bond acceptors (Lipinski definition) is 4. The van der Waals surface area contributed by atoms with Gasteiger partial charge in [-0.1, -0.05) is 12.1 Å². The number of sulfonamides is 1. The molecule has 0 unspecified atom stereocenters. The summed E-state index contributed by atoms with van der Waals surface area (Å²) in [5, 5.41) is 8.59. The number of anilines is 1. The van der Waals surface area contributed by atoms with E-state index in [4.69, 9.17) is 5.21 Å². The lowest BCUT2D eigenvalue weighted by atomic mass is 10.1. The number of carbonyl (C=O) groups excluding carboxylic acids is 1. The first kappa shape index (κ1) is 13.5. The molecular weight excluding hydrogens is 244 g/mol. The summed E-state index contributed by atoms with van der Waals surface area (Å²) in [7, 11) is -2.08. The summed E-state index contributed by atoms with van der Waals surface area (Å²) < 4.78 is 24.4. The molecule has 2 N–H and O–H groups in total. The van der Waals surface area contributed by atoms with E-state index in [-0.39, 0.29) is 17.0 Å². The van der Waals surface area contributed by atoms with Gasteiger partial charge in [0, 0.05) is 7.05 Å². The Balaban J connectivity index is 3.28. The van der Waals surface area contributed by atoms with Crippen LogP contribution in [0, 0.1) is 0 Å². The summed E-state index contributed by atoms with van der Waals surface area (Å²) in [6.07, 6.45) is 0. The van der Waals surface area contributed by atoms with Crippen molar-refractivity contribution in [2.24, 2.45) is 0 Å². The van der Waals surface area contributed by atoms with E-state index in [1.807, 2.05) is 0 Å². The molecule has 0 fully saturated rings. The third-order valence-electron chi connectivity index (χ3n) is 2.37. The van der Waals surface area contributed by atoms with Gasteiger partial charge in [0.15, 0.2) is 0 Å². The minimum absolute atomic E-state index is 0.0709. The van der Waals surface area contributed by atoms with Gasteiger partial charge in [-0.2, -0.15) is 0 Å². The molecule has 17 heavy (non-hydrogen) atoms. The first-order valence-electron chi connectivity index (χ1n) is 4.94. The van der Waals surface area contributed by atoms with Crippen molar-refractivity contribution in [3.8, 4) is 0 Å². The summed E-state index contributed by atoms with van der Waals surface area (Å²) in [5.41, 5.74) is 1.80. The smallest absolute Gasteiger partial charge is 0.276 e. The highest BCUT2D eigenvalue weighted by Gasteiger charge is 2.21. The highest BCUT2D eigenvalue weighted by molar-refractivity contribution is 7.92. The summed E-state index contributed by atoms with van der Waals surface area (Å²) in [4.78, 5) is 11.4. The summed E-state index contributed by atoms with van der Waals surface area (Å²) in [6.45, 7) is 1.51. The second kappa shape index (κ2) is 5.15. The Morgan fingerprint density at radius 2 is 2.00 bits per heavy atom. The molecule has 1 aromatic carbocycles. The molecule has 0 aromatic heterocycles. The number of nitrogens with one attached hydrogen (secondary N) is 1. The third kappa shape index (κ3) is 2.75. The van der Waals surface area contributed by atoms with E-state index in [0.717, 1.165) is 4.31 Å². The molecule has 0 atom stereocenters. The molecule has 0 heterocycles. The molecule has 94 valence electrons. The molecule has 0 aliphatic heterocycles. The van der Waals surface area contributed by atoms with Crippen LogP contribution in [0.15, 0.2) is 24.3 Å². The molecule has 0 radical (unpaired) electrons. The number of para-hydroxylation sites is 1. The molecule has 0 aliphatic carbocycles. The predicted molar refractivity (Wildman–Crippen MR) is 63.6 cm³/mol. The molecule has 6 nitrogen and oxygen atoms in total. The Morgan fingerprint density at radius 3 is 2.53 bits per heavy atom. The molecule has 1 aromatic rings. The van der Waals surface area contributed by atoms with Gasteiger partial charge in [-0.05, 0) is 19.1 Å². The van der Waals surface area contributed by atoms with Crippen LogP contribution in [-0.4, -0.2) is 32.3 Å². The Morgan fingerprint density at radius 1 is 1.41 bits per heavy atom. The van der Waals surface area contributed by atoms with Crippen LogP contribution in [-0.2, 0) is 10.0 Å². The maximum Gasteiger partial charge on any atom is 0.276 e. The number of carbonyl (C=O) groups is 1. The second-order valence-corrected chi connectivity index (χ2v) is 5.62. The molecule has 0 saturated carbocycles. The highest BCUT2D eigenvalue weighted by Crippen LogP contribution is 2.21. The topological polar surface area (TPSA) is 86.7 Å². The first-order chi connectivity index (χ1) is 7.94. The van der Waals surface area contributed by atoms with Crippen molar-refractivity contribution in [2.75, 3.05) is 17.1 Å². The molecular formula is C10H14N2O4S. The monoisotopic (exact) mass is 258 g/mol. The normalized spacial score (nSPS) is 11.0. The van der Waals surface area contributed by atoms with Crippen molar-refractivity contribution >= 4 is 21.6 Å². The zero-order valence-electron chi connectivity index (χ0n) is 9.54. The van der Waals surface area contributed by atoms with Crippen LogP contribution < -0.4 is 9.79 Å². The number of hydrogen-bond donors (Lipinski definition) is 2. The van der Waals surface area contributed by atoms with E-state index in [1.165, 1.54) is 31.6 Å². The SMILES string of the molecule is CCS(=O)(=O)N(C)c1ccccc1C(=O)NO. The van der Waals surface area contributed by atoms with Crippen molar-refractivity contribution in [1.82, 2.24) is 5.48 Å². The molecule has 1 rings (SSSR count). The van der Waals surface area contributed by atoms with Gasteiger partial charge >= 0.3 is 0 Å². The average molecular weight is 258 g/mol. The highest BCUT2D eigenvalue weighted by atomic mass is 32.2. The molecule has 0 bridgehead atoms. The van der Waals surface area contributed by atoms with Crippen LogP contribution >= 0.6 is 0 Å². The quantitative estimate of drug-likeness (QED) is 0.611. The zero-order valence-corrected chi connectivity index (χ0v) is 10.4. The molecule has 7 heteroatoms. The van der Waals surface area contributed by atoms with E-state index in [2.05, 4.69) is 0 Å². The molecule has 0 aliphatic rings. The van der Waals surface area contributed by atoms with E-state index >= 15 is 0 Å². The van der Waals surface area contributed by atoms with Gasteiger partial charge < -0.3 is 0 Å². The van der Waals surface area contributed by atoms with E-state index < -0.39 is 15.9 Å². The number of hydroxylamine groups is 1.